The molecule has 0 saturated heterocycles. The van der Waals surface area contributed by atoms with Crippen molar-refractivity contribution in [2.75, 3.05) is 13.6 Å². The van der Waals surface area contributed by atoms with Crippen molar-refractivity contribution >= 4 is 57.2 Å². The number of aliphatic imine (C=N–C) groups is 1. The molecule has 0 atom stereocenters. The van der Waals surface area contributed by atoms with Crippen LogP contribution in [0.25, 0.3) is 0 Å². The smallest absolute Gasteiger partial charge is 0.356 e. The van der Waals surface area contributed by atoms with Crippen LogP contribution in [0.2, 0.25) is 0 Å². The fourth-order valence-electron chi connectivity index (χ4n) is 1.85. The molecule has 0 saturated carbocycles. The van der Waals surface area contributed by atoms with Crippen molar-refractivity contribution < 1.29 is 13.2 Å². The van der Waals surface area contributed by atoms with Gasteiger partial charge in [0.15, 0.2) is 11.7 Å². The summed E-state index contributed by atoms with van der Waals surface area (Å²) in [5.74, 6) is 0.588. The van der Waals surface area contributed by atoms with E-state index in [0.717, 1.165) is 26.8 Å². The minimum absolute atomic E-state index is 0. The molecule has 2 aromatic rings. The number of aromatic nitrogens is 1. The van der Waals surface area contributed by atoms with Crippen LogP contribution < -0.4 is 10.6 Å². The number of alkyl halides is 3. The van der Waals surface area contributed by atoms with Crippen LogP contribution in [0, 0.1) is 0 Å². The quantitative estimate of drug-likeness (QED) is 0.330. The maximum atomic E-state index is 12.5. The third-order valence-corrected chi connectivity index (χ3v) is 4.51. The minimum Gasteiger partial charge on any atom is -0.356 e. The highest BCUT2D eigenvalue weighted by Gasteiger charge is 2.33. The molecule has 1 heterocycles. The molecule has 4 nitrogen and oxygen atoms in total. The number of hydrogen-bond donors (Lipinski definition) is 2. The maximum absolute atomic E-state index is 12.5. The third kappa shape index (κ3) is 7.48. The molecule has 138 valence electrons. The maximum Gasteiger partial charge on any atom is 0.434 e. The molecule has 0 spiro atoms. The Kier molecular flexibility index (Phi) is 9.14. The van der Waals surface area contributed by atoms with Gasteiger partial charge >= 0.3 is 6.18 Å². The summed E-state index contributed by atoms with van der Waals surface area (Å²) >= 11 is 4.39. The molecule has 0 radical (unpaired) electrons. The van der Waals surface area contributed by atoms with E-state index >= 15 is 0 Å². The van der Waals surface area contributed by atoms with Crippen LogP contribution in [0.1, 0.15) is 16.3 Å². The van der Waals surface area contributed by atoms with Crippen molar-refractivity contribution in [2.24, 2.45) is 4.99 Å². The summed E-state index contributed by atoms with van der Waals surface area (Å²) in [4.78, 5) is 7.68. The van der Waals surface area contributed by atoms with Crippen molar-refractivity contribution in [3.8, 4) is 0 Å². The zero-order valence-corrected chi connectivity index (χ0v) is 18.0. The fraction of sp³-hybridized carbons (Fsp3) is 0.333. The van der Waals surface area contributed by atoms with Crippen LogP contribution in [0.5, 0.6) is 0 Å². The lowest BCUT2D eigenvalue weighted by Gasteiger charge is -2.11. The summed E-state index contributed by atoms with van der Waals surface area (Å²) < 4.78 is 38.5. The average Bonchev–Trinajstić information content (AvgIpc) is 3.01. The lowest BCUT2D eigenvalue weighted by Crippen LogP contribution is -2.37. The molecular weight excluding hydrogens is 532 g/mol. The van der Waals surface area contributed by atoms with Gasteiger partial charge < -0.3 is 10.6 Å². The SMILES string of the molecule is CN=C(NCCc1nc(C(F)(F)F)cs1)NCc1ccc(Br)cc1.I. The summed E-state index contributed by atoms with van der Waals surface area (Å²) in [6.07, 6.45) is -3.98. The molecule has 0 fully saturated rings. The predicted molar refractivity (Wildman–Crippen MR) is 109 cm³/mol. The largest absolute Gasteiger partial charge is 0.434 e. The van der Waals surface area contributed by atoms with Gasteiger partial charge in [0, 0.05) is 36.4 Å². The van der Waals surface area contributed by atoms with Crippen molar-refractivity contribution in [1.82, 2.24) is 15.6 Å². The van der Waals surface area contributed by atoms with Crippen LogP contribution in [0.3, 0.4) is 0 Å². The van der Waals surface area contributed by atoms with Gasteiger partial charge in [-0.1, -0.05) is 28.1 Å². The second-order valence-corrected chi connectivity index (χ2v) is 6.71. The summed E-state index contributed by atoms with van der Waals surface area (Å²) in [5, 5.41) is 7.69. The van der Waals surface area contributed by atoms with Crippen LogP contribution in [-0.2, 0) is 19.1 Å². The highest BCUT2D eigenvalue weighted by molar-refractivity contribution is 14.0. The van der Waals surface area contributed by atoms with Gasteiger partial charge in [0.2, 0.25) is 0 Å². The van der Waals surface area contributed by atoms with Crippen molar-refractivity contribution in [3.05, 3.63) is 50.4 Å². The van der Waals surface area contributed by atoms with Crippen LogP contribution >= 0.6 is 51.2 Å². The van der Waals surface area contributed by atoms with E-state index in [1.54, 1.807) is 7.05 Å². The van der Waals surface area contributed by atoms with Gasteiger partial charge in [0.25, 0.3) is 0 Å². The van der Waals surface area contributed by atoms with E-state index < -0.39 is 11.9 Å². The second kappa shape index (κ2) is 10.3. The molecule has 0 aliphatic heterocycles. The highest BCUT2D eigenvalue weighted by Crippen LogP contribution is 2.29. The number of nitrogens with zero attached hydrogens (tertiary/aromatic N) is 2. The Morgan fingerprint density at radius 3 is 2.48 bits per heavy atom. The van der Waals surface area contributed by atoms with Gasteiger partial charge in [-0.25, -0.2) is 4.98 Å². The first-order valence-corrected chi connectivity index (χ1v) is 8.76. The van der Waals surface area contributed by atoms with Gasteiger partial charge in [0.05, 0.1) is 5.01 Å². The van der Waals surface area contributed by atoms with Gasteiger partial charge in [0.1, 0.15) is 0 Å². The number of rotatable bonds is 5. The topological polar surface area (TPSA) is 49.3 Å². The Balaban J connectivity index is 0.00000312. The van der Waals surface area contributed by atoms with E-state index in [2.05, 4.69) is 36.5 Å². The summed E-state index contributed by atoms with van der Waals surface area (Å²) in [6, 6.07) is 7.87. The van der Waals surface area contributed by atoms with Crippen molar-refractivity contribution in [3.63, 3.8) is 0 Å². The number of guanidine groups is 1. The highest BCUT2D eigenvalue weighted by atomic mass is 127. The molecule has 0 aliphatic rings. The van der Waals surface area contributed by atoms with E-state index in [-0.39, 0.29) is 24.0 Å². The number of nitrogens with one attached hydrogen (secondary N) is 2. The lowest BCUT2D eigenvalue weighted by molar-refractivity contribution is -0.140. The van der Waals surface area contributed by atoms with Crippen LogP contribution in [0.4, 0.5) is 13.2 Å². The predicted octanol–water partition coefficient (Wildman–Crippen LogP) is 4.45. The molecule has 1 aromatic carbocycles. The number of halogens is 5. The van der Waals surface area contributed by atoms with E-state index in [9.17, 15) is 13.2 Å². The Morgan fingerprint density at radius 2 is 1.92 bits per heavy atom. The monoisotopic (exact) mass is 548 g/mol. The van der Waals surface area contributed by atoms with E-state index in [1.165, 1.54) is 0 Å². The first-order chi connectivity index (χ1) is 11.4. The van der Waals surface area contributed by atoms with Crippen LogP contribution in [-0.4, -0.2) is 24.5 Å². The molecule has 10 heteroatoms. The zero-order valence-electron chi connectivity index (χ0n) is 13.2. The third-order valence-electron chi connectivity index (χ3n) is 3.07. The molecule has 0 unspecified atom stereocenters. The molecule has 2 N–H and O–H groups in total. The fourth-order valence-corrected chi connectivity index (χ4v) is 2.92. The molecule has 2 rings (SSSR count). The van der Waals surface area contributed by atoms with Crippen molar-refractivity contribution in [2.45, 2.75) is 19.1 Å². The second-order valence-electron chi connectivity index (χ2n) is 4.85. The van der Waals surface area contributed by atoms with E-state index in [4.69, 9.17) is 0 Å². The molecule has 0 amide bonds. The molecule has 1 aromatic heterocycles. The zero-order chi connectivity index (χ0) is 17.6. The van der Waals surface area contributed by atoms with Gasteiger partial charge in [-0.2, -0.15) is 13.2 Å². The summed E-state index contributed by atoms with van der Waals surface area (Å²) in [6.45, 7) is 1.05. The molecule has 0 bridgehead atoms. The van der Waals surface area contributed by atoms with E-state index in [0.29, 0.717) is 30.5 Å². The van der Waals surface area contributed by atoms with Gasteiger partial charge in [-0.15, -0.1) is 35.3 Å². The lowest BCUT2D eigenvalue weighted by atomic mass is 10.2. The molecule has 25 heavy (non-hydrogen) atoms. The van der Waals surface area contributed by atoms with Gasteiger partial charge in [-0.3, -0.25) is 4.99 Å². The Hall–Kier alpha value is -0.880. The molecular formula is C15H17BrF3IN4S. The first-order valence-electron chi connectivity index (χ1n) is 7.09. The number of thiazole rings is 1. The number of hydrogen-bond acceptors (Lipinski definition) is 3. The minimum atomic E-state index is -4.38. The van der Waals surface area contributed by atoms with Gasteiger partial charge in [-0.05, 0) is 17.7 Å². The van der Waals surface area contributed by atoms with E-state index in [1.807, 2.05) is 24.3 Å². The number of benzene rings is 1. The Morgan fingerprint density at radius 1 is 1.24 bits per heavy atom. The summed E-state index contributed by atoms with van der Waals surface area (Å²) in [7, 11) is 1.64. The first kappa shape index (κ1) is 22.2. The molecule has 0 aliphatic carbocycles. The normalized spacial score (nSPS) is 11.8. The van der Waals surface area contributed by atoms with Crippen molar-refractivity contribution in [1.29, 1.82) is 0 Å². The average molecular weight is 549 g/mol. The summed E-state index contributed by atoms with van der Waals surface area (Å²) in [5.41, 5.74) is 0.260. The van der Waals surface area contributed by atoms with Crippen LogP contribution in [0.15, 0.2) is 39.1 Å². The standard InChI is InChI=1S/C15H16BrF3N4S.HI/c1-20-14(22-8-10-2-4-11(16)5-3-10)21-7-6-13-23-12(9-24-13)15(17,18)19;/h2-5,9H,6-8H2,1H3,(H2,20,21,22);1H. The Bertz CT molecular complexity index is 689. The Labute approximate surface area is 173 Å².